The van der Waals surface area contributed by atoms with Gasteiger partial charge in [-0.1, -0.05) is 40.5 Å². The highest BCUT2D eigenvalue weighted by Gasteiger charge is 2.30. The highest BCUT2D eigenvalue weighted by Crippen LogP contribution is 2.29. The Kier molecular flexibility index (Phi) is 5.20. The van der Waals surface area contributed by atoms with Crippen LogP contribution in [-0.2, 0) is 4.79 Å². The van der Waals surface area contributed by atoms with Crippen molar-refractivity contribution in [3.8, 4) is 0 Å². The molecule has 0 aliphatic heterocycles. The van der Waals surface area contributed by atoms with Gasteiger partial charge in [0.05, 0.1) is 0 Å². The van der Waals surface area contributed by atoms with Gasteiger partial charge in [-0.3, -0.25) is 4.79 Å². The Labute approximate surface area is 112 Å². The summed E-state index contributed by atoms with van der Waals surface area (Å²) < 4.78 is 0. The summed E-state index contributed by atoms with van der Waals surface area (Å²) in [4.78, 5) is 14.2. The van der Waals surface area contributed by atoms with Crippen molar-refractivity contribution in [3.05, 3.63) is 0 Å². The SMILES string of the molecule is CC(CC(=O)N(C)C1CCCCC1N)C(C)(C)C. The zero-order chi connectivity index (χ0) is 13.9. The van der Waals surface area contributed by atoms with Gasteiger partial charge in [0, 0.05) is 25.6 Å². The predicted octanol–water partition coefficient (Wildman–Crippen LogP) is 2.79. The maximum Gasteiger partial charge on any atom is 0.222 e. The third-order valence-corrected chi connectivity index (χ3v) is 4.63. The Hall–Kier alpha value is -0.570. The van der Waals surface area contributed by atoms with E-state index in [4.69, 9.17) is 5.73 Å². The van der Waals surface area contributed by atoms with Crippen LogP contribution >= 0.6 is 0 Å². The molecule has 0 spiro atoms. The predicted molar refractivity (Wildman–Crippen MR) is 76.2 cm³/mol. The third kappa shape index (κ3) is 3.98. The second-order valence-corrected chi connectivity index (χ2v) is 6.99. The van der Waals surface area contributed by atoms with Crippen LogP contribution < -0.4 is 5.73 Å². The van der Waals surface area contributed by atoms with Crippen LogP contribution in [0.4, 0.5) is 0 Å². The van der Waals surface area contributed by atoms with Crippen LogP contribution in [-0.4, -0.2) is 29.9 Å². The van der Waals surface area contributed by atoms with E-state index in [1.165, 1.54) is 12.8 Å². The van der Waals surface area contributed by atoms with Crippen molar-refractivity contribution >= 4 is 5.91 Å². The van der Waals surface area contributed by atoms with E-state index >= 15 is 0 Å². The first-order valence-electron chi connectivity index (χ1n) is 7.24. The minimum atomic E-state index is 0.164. The van der Waals surface area contributed by atoms with Gasteiger partial charge in [-0.25, -0.2) is 0 Å². The van der Waals surface area contributed by atoms with Gasteiger partial charge in [-0.15, -0.1) is 0 Å². The first-order valence-corrected chi connectivity index (χ1v) is 7.24. The number of hydrogen-bond donors (Lipinski definition) is 1. The minimum absolute atomic E-state index is 0.164. The molecule has 1 rings (SSSR count). The molecular formula is C15H30N2O. The van der Waals surface area contributed by atoms with E-state index < -0.39 is 0 Å². The Morgan fingerprint density at radius 2 is 1.89 bits per heavy atom. The van der Waals surface area contributed by atoms with Gasteiger partial charge in [0.25, 0.3) is 0 Å². The molecule has 1 saturated carbocycles. The molecular weight excluding hydrogens is 224 g/mol. The van der Waals surface area contributed by atoms with Crippen molar-refractivity contribution in [2.24, 2.45) is 17.1 Å². The number of hydrogen-bond acceptors (Lipinski definition) is 2. The monoisotopic (exact) mass is 254 g/mol. The van der Waals surface area contributed by atoms with Crippen molar-refractivity contribution in [1.29, 1.82) is 0 Å². The number of nitrogens with zero attached hydrogens (tertiary/aromatic N) is 1. The molecule has 0 aromatic rings. The number of nitrogens with two attached hydrogens (primary N) is 1. The van der Waals surface area contributed by atoms with Crippen molar-refractivity contribution in [2.45, 2.75) is 71.9 Å². The van der Waals surface area contributed by atoms with E-state index in [0.717, 1.165) is 12.8 Å². The molecule has 2 N–H and O–H groups in total. The van der Waals surface area contributed by atoms with Crippen molar-refractivity contribution in [2.75, 3.05) is 7.05 Å². The minimum Gasteiger partial charge on any atom is -0.341 e. The quantitative estimate of drug-likeness (QED) is 0.842. The summed E-state index contributed by atoms with van der Waals surface area (Å²) in [6.07, 6.45) is 5.15. The van der Waals surface area contributed by atoms with Crippen LogP contribution in [0.3, 0.4) is 0 Å². The molecule has 1 aliphatic rings. The lowest BCUT2D eigenvalue weighted by Gasteiger charge is -2.37. The van der Waals surface area contributed by atoms with Gasteiger partial charge >= 0.3 is 0 Å². The number of rotatable bonds is 3. The Morgan fingerprint density at radius 3 is 2.39 bits per heavy atom. The fourth-order valence-corrected chi connectivity index (χ4v) is 2.52. The summed E-state index contributed by atoms with van der Waals surface area (Å²) in [6.45, 7) is 8.73. The molecule has 0 heterocycles. The van der Waals surface area contributed by atoms with Crippen LogP contribution in [0.25, 0.3) is 0 Å². The van der Waals surface area contributed by atoms with E-state index in [0.29, 0.717) is 12.3 Å². The summed E-state index contributed by atoms with van der Waals surface area (Å²) in [5.74, 6) is 0.645. The molecule has 0 radical (unpaired) electrons. The van der Waals surface area contributed by atoms with Gasteiger partial charge in [0.2, 0.25) is 5.91 Å². The lowest BCUT2D eigenvalue weighted by atomic mass is 9.79. The second kappa shape index (κ2) is 6.05. The van der Waals surface area contributed by atoms with Gasteiger partial charge in [-0.05, 0) is 24.2 Å². The zero-order valence-electron chi connectivity index (χ0n) is 12.7. The van der Waals surface area contributed by atoms with E-state index in [-0.39, 0.29) is 23.4 Å². The first kappa shape index (κ1) is 15.5. The zero-order valence-corrected chi connectivity index (χ0v) is 12.7. The largest absolute Gasteiger partial charge is 0.341 e. The maximum absolute atomic E-state index is 12.3. The highest BCUT2D eigenvalue weighted by atomic mass is 16.2. The van der Waals surface area contributed by atoms with Gasteiger partial charge in [-0.2, -0.15) is 0 Å². The molecule has 18 heavy (non-hydrogen) atoms. The van der Waals surface area contributed by atoms with Gasteiger partial charge < -0.3 is 10.6 Å². The third-order valence-electron chi connectivity index (χ3n) is 4.63. The Balaban J connectivity index is 2.55. The fraction of sp³-hybridized carbons (Fsp3) is 0.933. The van der Waals surface area contributed by atoms with Crippen molar-refractivity contribution in [3.63, 3.8) is 0 Å². The Bertz CT molecular complexity index is 283. The standard InChI is InChI=1S/C15H30N2O/c1-11(15(2,3)4)10-14(18)17(5)13-9-7-6-8-12(13)16/h11-13H,6-10,16H2,1-5H3. The molecule has 106 valence electrons. The lowest BCUT2D eigenvalue weighted by molar-refractivity contribution is -0.134. The molecule has 0 bridgehead atoms. The van der Waals surface area contributed by atoms with Crippen molar-refractivity contribution in [1.82, 2.24) is 4.90 Å². The van der Waals surface area contributed by atoms with Crippen LogP contribution in [0.5, 0.6) is 0 Å². The number of carbonyl (C=O) groups is 1. The molecule has 3 unspecified atom stereocenters. The van der Waals surface area contributed by atoms with Crippen LogP contribution in [0, 0.1) is 11.3 Å². The van der Waals surface area contributed by atoms with E-state index in [1.807, 2.05) is 11.9 Å². The smallest absolute Gasteiger partial charge is 0.222 e. The van der Waals surface area contributed by atoms with E-state index in [9.17, 15) is 4.79 Å². The average Bonchev–Trinajstić information content (AvgIpc) is 2.27. The molecule has 0 saturated heterocycles. The molecule has 1 fully saturated rings. The van der Waals surface area contributed by atoms with Crippen LogP contribution in [0.15, 0.2) is 0 Å². The second-order valence-electron chi connectivity index (χ2n) is 6.99. The number of likely N-dealkylation sites (N-methyl/N-ethyl adjacent to an activating group) is 1. The molecule has 1 aliphatic carbocycles. The van der Waals surface area contributed by atoms with Gasteiger partial charge in [0.15, 0.2) is 0 Å². The molecule has 3 heteroatoms. The normalized spacial score (nSPS) is 26.8. The summed E-state index contributed by atoms with van der Waals surface area (Å²) in [6, 6.07) is 0.413. The van der Waals surface area contributed by atoms with E-state index in [1.54, 1.807) is 0 Å². The highest BCUT2D eigenvalue weighted by molar-refractivity contribution is 5.76. The fourth-order valence-electron chi connectivity index (χ4n) is 2.52. The Morgan fingerprint density at radius 1 is 1.33 bits per heavy atom. The number of carbonyl (C=O) groups excluding carboxylic acids is 1. The molecule has 0 aromatic carbocycles. The molecule has 1 amide bonds. The molecule has 3 nitrogen and oxygen atoms in total. The van der Waals surface area contributed by atoms with Crippen LogP contribution in [0.2, 0.25) is 0 Å². The van der Waals surface area contributed by atoms with E-state index in [2.05, 4.69) is 27.7 Å². The average molecular weight is 254 g/mol. The van der Waals surface area contributed by atoms with Gasteiger partial charge in [0.1, 0.15) is 0 Å². The molecule has 3 atom stereocenters. The van der Waals surface area contributed by atoms with Crippen LogP contribution in [0.1, 0.15) is 59.8 Å². The molecule has 0 aromatic heterocycles. The summed E-state index contributed by atoms with van der Waals surface area (Å²) in [7, 11) is 1.92. The van der Waals surface area contributed by atoms with Crippen molar-refractivity contribution < 1.29 is 4.79 Å². The summed E-state index contributed by atoms with van der Waals surface area (Å²) in [5, 5.41) is 0. The number of amides is 1. The topological polar surface area (TPSA) is 46.3 Å². The summed E-state index contributed by atoms with van der Waals surface area (Å²) >= 11 is 0. The first-order chi connectivity index (χ1) is 8.23. The maximum atomic E-state index is 12.3. The summed E-state index contributed by atoms with van der Waals surface area (Å²) in [5.41, 5.74) is 6.33. The lowest BCUT2D eigenvalue weighted by Crippen LogP contribution is -2.50.